The fourth-order valence-electron chi connectivity index (χ4n) is 3.13. The van der Waals surface area contributed by atoms with Crippen LogP contribution in [0.25, 0.3) is 0 Å². The molecule has 0 fully saturated rings. The van der Waals surface area contributed by atoms with Crippen molar-refractivity contribution in [2.75, 3.05) is 11.9 Å². The Kier molecular flexibility index (Phi) is 5.97. The quantitative estimate of drug-likeness (QED) is 0.688. The maximum absolute atomic E-state index is 13.2. The van der Waals surface area contributed by atoms with E-state index in [0.29, 0.717) is 11.4 Å². The number of rotatable bonds is 6. The Hall–Kier alpha value is -2.48. The normalized spacial score (nSPS) is 21.2. The molecule has 0 saturated carbocycles. The summed E-state index contributed by atoms with van der Waals surface area (Å²) in [5, 5.41) is 15.2. The molecule has 8 heteroatoms. The molecule has 2 amide bonds. The van der Waals surface area contributed by atoms with E-state index in [-0.39, 0.29) is 17.7 Å². The Labute approximate surface area is 153 Å². The van der Waals surface area contributed by atoms with Crippen LogP contribution in [0.5, 0.6) is 0 Å². The van der Waals surface area contributed by atoms with Crippen LogP contribution in [0.2, 0.25) is 0 Å². The largest absolute Gasteiger partial charge is 0.480 e. The van der Waals surface area contributed by atoms with Crippen molar-refractivity contribution in [1.29, 1.82) is 0 Å². The number of anilines is 1. The van der Waals surface area contributed by atoms with E-state index >= 15 is 0 Å². The number of nitrogens with one attached hydrogen (secondary N) is 2. The van der Waals surface area contributed by atoms with Crippen molar-refractivity contribution >= 4 is 23.6 Å². The van der Waals surface area contributed by atoms with Crippen molar-refractivity contribution in [3.05, 3.63) is 23.9 Å². The SMILES string of the molecule is CNC(C)C(=O)NC(C(=O)N1c2ncccc2C(C)C1C(=O)O)C(C)C. The summed E-state index contributed by atoms with van der Waals surface area (Å²) in [6, 6.07) is 1.13. The summed E-state index contributed by atoms with van der Waals surface area (Å²) in [6.45, 7) is 7.06. The van der Waals surface area contributed by atoms with E-state index in [0.717, 1.165) is 0 Å². The van der Waals surface area contributed by atoms with E-state index in [1.165, 1.54) is 11.1 Å². The molecule has 142 valence electrons. The summed E-state index contributed by atoms with van der Waals surface area (Å²) in [7, 11) is 1.65. The van der Waals surface area contributed by atoms with Gasteiger partial charge in [0.2, 0.25) is 5.91 Å². The van der Waals surface area contributed by atoms with Gasteiger partial charge in [-0.2, -0.15) is 0 Å². The number of nitrogens with zero attached hydrogens (tertiary/aromatic N) is 2. The fraction of sp³-hybridized carbons (Fsp3) is 0.556. The van der Waals surface area contributed by atoms with E-state index < -0.39 is 30.0 Å². The van der Waals surface area contributed by atoms with Crippen molar-refractivity contribution in [3.63, 3.8) is 0 Å². The van der Waals surface area contributed by atoms with Gasteiger partial charge in [-0.1, -0.05) is 26.8 Å². The van der Waals surface area contributed by atoms with Gasteiger partial charge in [0.1, 0.15) is 17.9 Å². The number of aliphatic carboxylic acids is 1. The Morgan fingerprint density at radius 1 is 1.27 bits per heavy atom. The third-order valence-electron chi connectivity index (χ3n) is 4.83. The molecule has 0 bridgehead atoms. The van der Waals surface area contributed by atoms with E-state index in [4.69, 9.17) is 0 Å². The summed E-state index contributed by atoms with van der Waals surface area (Å²) in [4.78, 5) is 42.8. The number of amides is 2. The first kappa shape index (κ1) is 19.8. The highest BCUT2D eigenvalue weighted by atomic mass is 16.4. The molecule has 0 radical (unpaired) electrons. The van der Waals surface area contributed by atoms with Gasteiger partial charge >= 0.3 is 5.97 Å². The van der Waals surface area contributed by atoms with Crippen LogP contribution in [0.4, 0.5) is 5.82 Å². The topological polar surface area (TPSA) is 112 Å². The minimum absolute atomic E-state index is 0.215. The second-order valence-electron chi connectivity index (χ2n) is 6.94. The van der Waals surface area contributed by atoms with Crippen molar-refractivity contribution in [1.82, 2.24) is 15.6 Å². The number of carboxylic acid groups (broad SMARTS) is 1. The molecule has 3 N–H and O–H groups in total. The molecular weight excluding hydrogens is 336 g/mol. The lowest BCUT2D eigenvalue weighted by molar-refractivity contribution is -0.140. The highest BCUT2D eigenvalue weighted by Gasteiger charge is 2.47. The number of hydrogen-bond donors (Lipinski definition) is 3. The number of fused-ring (bicyclic) bond motifs is 1. The van der Waals surface area contributed by atoms with Crippen molar-refractivity contribution in [2.45, 2.75) is 51.7 Å². The lowest BCUT2D eigenvalue weighted by Crippen LogP contribution is -2.57. The first-order chi connectivity index (χ1) is 12.2. The average molecular weight is 362 g/mol. The van der Waals surface area contributed by atoms with Gasteiger partial charge < -0.3 is 15.7 Å². The number of carbonyl (C=O) groups excluding carboxylic acids is 2. The number of pyridine rings is 1. The molecule has 4 atom stereocenters. The summed E-state index contributed by atoms with van der Waals surface area (Å²) >= 11 is 0. The number of carbonyl (C=O) groups is 3. The third-order valence-corrected chi connectivity index (χ3v) is 4.83. The molecule has 2 heterocycles. The molecule has 1 aromatic heterocycles. The van der Waals surface area contributed by atoms with Gasteiger partial charge in [0.15, 0.2) is 0 Å². The van der Waals surface area contributed by atoms with Crippen molar-refractivity contribution in [3.8, 4) is 0 Å². The van der Waals surface area contributed by atoms with Gasteiger partial charge in [-0.25, -0.2) is 9.78 Å². The van der Waals surface area contributed by atoms with Crippen LogP contribution in [0.15, 0.2) is 18.3 Å². The second-order valence-corrected chi connectivity index (χ2v) is 6.94. The van der Waals surface area contributed by atoms with E-state index in [9.17, 15) is 19.5 Å². The van der Waals surface area contributed by atoms with Gasteiger partial charge in [0, 0.05) is 17.7 Å². The molecule has 0 aliphatic carbocycles. The van der Waals surface area contributed by atoms with Crippen LogP contribution >= 0.6 is 0 Å². The maximum atomic E-state index is 13.2. The first-order valence-corrected chi connectivity index (χ1v) is 8.69. The zero-order chi connectivity index (χ0) is 19.6. The minimum atomic E-state index is -1.10. The second kappa shape index (κ2) is 7.82. The van der Waals surface area contributed by atoms with Crippen LogP contribution in [0, 0.1) is 5.92 Å². The predicted molar refractivity (Wildman–Crippen MR) is 96.9 cm³/mol. The summed E-state index contributed by atoms with van der Waals surface area (Å²) in [5.41, 5.74) is 0.714. The van der Waals surface area contributed by atoms with Crippen LogP contribution in [-0.2, 0) is 14.4 Å². The standard InChI is InChI=1S/C18H26N4O4/c1-9(2)13(21-16(23)11(4)19-5)17(24)22-14(18(25)26)10(3)12-7-6-8-20-15(12)22/h6-11,13-14,19H,1-5H3,(H,21,23)(H,25,26). The van der Waals surface area contributed by atoms with Crippen molar-refractivity contribution < 1.29 is 19.5 Å². The highest BCUT2D eigenvalue weighted by molar-refractivity contribution is 6.05. The molecule has 0 spiro atoms. The number of carboxylic acids is 1. The van der Waals surface area contributed by atoms with Gasteiger partial charge in [-0.05, 0) is 26.0 Å². The molecule has 1 aromatic rings. The van der Waals surface area contributed by atoms with E-state index in [1.807, 2.05) is 13.8 Å². The van der Waals surface area contributed by atoms with Gasteiger partial charge in [-0.15, -0.1) is 0 Å². The van der Waals surface area contributed by atoms with Crippen molar-refractivity contribution in [2.24, 2.45) is 5.92 Å². The maximum Gasteiger partial charge on any atom is 0.327 e. The lowest BCUT2D eigenvalue weighted by atomic mass is 9.97. The summed E-state index contributed by atoms with van der Waals surface area (Å²) in [6.07, 6.45) is 1.53. The minimum Gasteiger partial charge on any atom is -0.480 e. The van der Waals surface area contributed by atoms with E-state index in [2.05, 4.69) is 15.6 Å². The smallest absolute Gasteiger partial charge is 0.327 e. The van der Waals surface area contributed by atoms with Crippen LogP contribution in [-0.4, -0.2) is 53.0 Å². The van der Waals surface area contributed by atoms with Gasteiger partial charge in [0.25, 0.3) is 5.91 Å². The first-order valence-electron chi connectivity index (χ1n) is 8.69. The Balaban J connectivity index is 2.40. The number of likely N-dealkylation sites (N-methyl/N-ethyl adjacent to an activating group) is 1. The van der Waals surface area contributed by atoms with Gasteiger partial charge in [0.05, 0.1) is 6.04 Å². The van der Waals surface area contributed by atoms with E-state index in [1.54, 1.807) is 33.0 Å². The van der Waals surface area contributed by atoms with Crippen LogP contribution in [0.3, 0.4) is 0 Å². The van der Waals surface area contributed by atoms with Gasteiger partial charge in [-0.3, -0.25) is 14.5 Å². The third kappa shape index (κ3) is 3.55. The highest BCUT2D eigenvalue weighted by Crippen LogP contribution is 2.39. The Morgan fingerprint density at radius 2 is 1.92 bits per heavy atom. The molecule has 26 heavy (non-hydrogen) atoms. The molecule has 1 aliphatic heterocycles. The summed E-state index contributed by atoms with van der Waals surface area (Å²) < 4.78 is 0. The number of aromatic nitrogens is 1. The summed E-state index contributed by atoms with van der Waals surface area (Å²) in [5.74, 6) is -2.14. The molecule has 2 rings (SSSR count). The monoisotopic (exact) mass is 362 g/mol. The molecule has 1 aliphatic rings. The average Bonchev–Trinajstić information content (AvgIpc) is 2.91. The number of hydrogen-bond acceptors (Lipinski definition) is 5. The zero-order valence-electron chi connectivity index (χ0n) is 15.7. The molecular formula is C18H26N4O4. The molecule has 4 unspecified atom stereocenters. The fourth-order valence-corrected chi connectivity index (χ4v) is 3.13. The van der Waals surface area contributed by atoms with Crippen LogP contribution in [0.1, 0.15) is 39.2 Å². The molecule has 8 nitrogen and oxygen atoms in total. The lowest BCUT2D eigenvalue weighted by Gasteiger charge is -2.30. The predicted octanol–water partition coefficient (Wildman–Crippen LogP) is 0.734. The molecule has 0 saturated heterocycles. The Morgan fingerprint density at radius 3 is 2.46 bits per heavy atom. The van der Waals surface area contributed by atoms with Crippen LogP contribution < -0.4 is 15.5 Å². The zero-order valence-corrected chi connectivity index (χ0v) is 15.7. The molecule has 0 aromatic carbocycles. The Bertz CT molecular complexity index is 706.